The first kappa shape index (κ1) is 14.3. The van der Waals surface area contributed by atoms with Crippen LogP contribution in [0.15, 0.2) is 18.2 Å². The highest BCUT2D eigenvalue weighted by atomic mass is 32.2. The van der Waals surface area contributed by atoms with Gasteiger partial charge in [-0.25, -0.2) is 4.39 Å². The fraction of sp³-hybridized carbons (Fsp3) is 0.538. The molecule has 2 N–H and O–H groups in total. The van der Waals surface area contributed by atoms with E-state index in [-0.39, 0.29) is 12.4 Å². The molecule has 0 saturated carbocycles. The normalized spacial score (nSPS) is 12.5. The van der Waals surface area contributed by atoms with Crippen molar-refractivity contribution in [2.75, 3.05) is 24.0 Å². The smallest absolute Gasteiger partial charge is 0.129 e. The highest BCUT2D eigenvalue weighted by Gasteiger charge is 2.15. The molecule has 4 heteroatoms. The summed E-state index contributed by atoms with van der Waals surface area (Å²) in [5.41, 5.74) is 7.13. The van der Waals surface area contributed by atoms with Gasteiger partial charge in [0.2, 0.25) is 0 Å². The lowest BCUT2D eigenvalue weighted by Crippen LogP contribution is -2.30. The Morgan fingerprint density at radius 3 is 2.76 bits per heavy atom. The number of benzene rings is 1. The molecule has 0 radical (unpaired) electrons. The summed E-state index contributed by atoms with van der Waals surface area (Å²) in [6.45, 7) is 2.39. The van der Waals surface area contributed by atoms with Gasteiger partial charge < -0.3 is 10.6 Å². The van der Waals surface area contributed by atoms with Crippen LogP contribution in [0.2, 0.25) is 0 Å². The van der Waals surface area contributed by atoms with E-state index in [2.05, 4.69) is 18.1 Å². The molecular formula is C13H21FN2S. The number of thioether (sulfide) groups is 1. The van der Waals surface area contributed by atoms with Crippen molar-refractivity contribution in [2.45, 2.75) is 25.9 Å². The summed E-state index contributed by atoms with van der Waals surface area (Å²) in [6.07, 6.45) is 3.18. The average Bonchev–Trinajstić information content (AvgIpc) is 2.34. The summed E-state index contributed by atoms with van der Waals surface area (Å²) in [7, 11) is 2.00. The van der Waals surface area contributed by atoms with Crippen LogP contribution in [0.3, 0.4) is 0 Å². The number of nitrogens with two attached hydrogens (primary N) is 1. The fourth-order valence-electron chi connectivity index (χ4n) is 1.80. The summed E-state index contributed by atoms with van der Waals surface area (Å²) < 4.78 is 13.6. The number of rotatable bonds is 6. The maximum absolute atomic E-state index is 13.6. The maximum atomic E-state index is 13.6. The third-order valence-electron chi connectivity index (χ3n) is 3.08. The van der Waals surface area contributed by atoms with Crippen LogP contribution in [0.4, 0.5) is 10.1 Å². The lowest BCUT2D eigenvalue weighted by atomic mass is 10.1. The zero-order valence-corrected chi connectivity index (χ0v) is 11.6. The first-order chi connectivity index (χ1) is 8.11. The quantitative estimate of drug-likeness (QED) is 0.848. The molecule has 0 amide bonds. The van der Waals surface area contributed by atoms with Crippen molar-refractivity contribution in [2.24, 2.45) is 5.73 Å². The van der Waals surface area contributed by atoms with E-state index >= 15 is 0 Å². The molecule has 1 unspecified atom stereocenters. The molecular weight excluding hydrogens is 235 g/mol. The van der Waals surface area contributed by atoms with Crippen molar-refractivity contribution in [3.8, 4) is 0 Å². The molecule has 1 atom stereocenters. The SMILES string of the molecule is CSCCC(C)N(C)c1cccc(F)c1CN. The summed E-state index contributed by atoms with van der Waals surface area (Å²) in [5.74, 6) is 0.896. The standard InChI is InChI=1S/C13H21FN2S/c1-10(7-8-17-3)16(2)13-6-4-5-12(14)11(13)9-15/h4-6,10H,7-9,15H2,1-3H3. The molecule has 0 aliphatic heterocycles. The predicted molar refractivity (Wildman–Crippen MR) is 75.2 cm³/mol. The van der Waals surface area contributed by atoms with Crippen LogP contribution >= 0.6 is 11.8 Å². The number of hydrogen-bond donors (Lipinski definition) is 1. The molecule has 17 heavy (non-hydrogen) atoms. The topological polar surface area (TPSA) is 29.3 Å². The van der Waals surface area contributed by atoms with Gasteiger partial charge in [-0.1, -0.05) is 6.07 Å². The van der Waals surface area contributed by atoms with Gasteiger partial charge in [-0.15, -0.1) is 0 Å². The largest absolute Gasteiger partial charge is 0.372 e. The van der Waals surface area contributed by atoms with Gasteiger partial charge in [-0.2, -0.15) is 11.8 Å². The lowest BCUT2D eigenvalue weighted by Gasteiger charge is -2.29. The lowest BCUT2D eigenvalue weighted by molar-refractivity contribution is 0.604. The second-order valence-electron chi connectivity index (χ2n) is 4.18. The molecule has 0 spiro atoms. The number of nitrogens with zero attached hydrogens (tertiary/aromatic N) is 1. The van der Waals surface area contributed by atoms with Crippen LogP contribution in [-0.4, -0.2) is 25.1 Å². The molecule has 0 fully saturated rings. The van der Waals surface area contributed by atoms with Gasteiger partial charge in [-0.3, -0.25) is 0 Å². The fourth-order valence-corrected chi connectivity index (χ4v) is 2.38. The monoisotopic (exact) mass is 256 g/mol. The first-order valence-electron chi connectivity index (χ1n) is 5.81. The minimum Gasteiger partial charge on any atom is -0.372 e. The summed E-state index contributed by atoms with van der Waals surface area (Å²) in [4.78, 5) is 2.11. The highest BCUT2D eigenvalue weighted by Crippen LogP contribution is 2.24. The van der Waals surface area contributed by atoms with Crippen molar-refractivity contribution < 1.29 is 4.39 Å². The molecule has 0 saturated heterocycles. The summed E-state index contributed by atoms with van der Waals surface area (Å²) in [6, 6.07) is 5.52. The molecule has 2 nitrogen and oxygen atoms in total. The van der Waals surface area contributed by atoms with E-state index in [9.17, 15) is 4.39 Å². The van der Waals surface area contributed by atoms with E-state index in [1.54, 1.807) is 6.07 Å². The van der Waals surface area contributed by atoms with Gasteiger partial charge in [0, 0.05) is 30.9 Å². The number of hydrogen-bond acceptors (Lipinski definition) is 3. The second kappa shape index (κ2) is 6.87. The first-order valence-corrected chi connectivity index (χ1v) is 7.20. The Morgan fingerprint density at radius 2 is 2.18 bits per heavy atom. The van der Waals surface area contributed by atoms with Crippen molar-refractivity contribution >= 4 is 17.4 Å². The van der Waals surface area contributed by atoms with Crippen molar-refractivity contribution in [1.29, 1.82) is 0 Å². The van der Waals surface area contributed by atoms with Gasteiger partial charge in [0.25, 0.3) is 0 Å². The summed E-state index contributed by atoms with van der Waals surface area (Å²) in [5, 5.41) is 0. The van der Waals surface area contributed by atoms with E-state index in [0.29, 0.717) is 11.6 Å². The van der Waals surface area contributed by atoms with Crippen LogP contribution < -0.4 is 10.6 Å². The van der Waals surface area contributed by atoms with Gasteiger partial charge in [0.15, 0.2) is 0 Å². The van der Waals surface area contributed by atoms with E-state index in [4.69, 9.17) is 5.73 Å². The molecule has 96 valence electrons. The van der Waals surface area contributed by atoms with Gasteiger partial charge >= 0.3 is 0 Å². The maximum Gasteiger partial charge on any atom is 0.129 e. The summed E-state index contributed by atoms with van der Waals surface area (Å²) >= 11 is 1.83. The van der Waals surface area contributed by atoms with E-state index in [1.807, 2.05) is 24.9 Å². The van der Waals surface area contributed by atoms with Gasteiger partial charge in [0.05, 0.1) is 0 Å². The molecule has 1 aromatic carbocycles. The van der Waals surface area contributed by atoms with Crippen molar-refractivity contribution in [3.63, 3.8) is 0 Å². The highest BCUT2D eigenvalue weighted by molar-refractivity contribution is 7.98. The van der Waals surface area contributed by atoms with Gasteiger partial charge in [0.1, 0.15) is 5.82 Å². The molecule has 0 aliphatic rings. The Labute approximate surface area is 107 Å². The number of anilines is 1. The molecule has 0 heterocycles. The number of halogens is 1. The van der Waals surface area contributed by atoms with Crippen LogP contribution in [0.5, 0.6) is 0 Å². The van der Waals surface area contributed by atoms with Crippen LogP contribution in [0, 0.1) is 5.82 Å². The zero-order chi connectivity index (χ0) is 12.8. The molecule has 1 rings (SSSR count). The minimum atomic E-state index is -0.214. The Kier molecular flexibility index (Phi) is 5.78. The molecule has 0 bridgehead atoms. The molecule has 0 aliphatic carbocycles. The van der Waals surface area contributed by atoms with Crippen molar-refractivity contribution in [1.82, 2.24) is 0 Å². The van der Waals surface area contributed by atoms with Crippen LogP contribution in [0.1, 0.15) is 18.9 Å². The Hall–Kier alpha value is -0.740. The predicted octanol–water partition coefficient (Wildman–Crippen LogP) is 2.86. The third kappa shape index (κ3) is 3.61. The average molecular weight is 256 g/mol. The minimum absolute atomic E-state index is 0.214. The Morgan fingerprint density at radius 1 is 1.47 bits per heavy atom. The van der Waals surface area contributed by atoms with Crippen LogP contribution in [0.25, 0.3) is 0 Å². The van der Waals surface area contributed by atoms with E-state index in [1.165, 1.54) is 6.07 Å². The Bertz CT molecular complexity index is 357. The second-order valence-corrected chi connectivity index (χ2v) is 5.17. The Balaban J connectivity index is 2.87. The molecule has 0 aromatic heterocycles. The van der Waals surface area contributed by atoms with Crippen LogP contribution in [-0.2, 0) is 6.54 Å². The van der Waals surface area contributed by atoms with Gasteiger partial charge in [-0.05, 0) is 37.5 Å². The van der Waals surface area contributed by atoms with E-state index in [0.717, 1.165) is 17.9 Å². The third-order valence-corrected chi connectivity index (χ3v) is 3.72. The zero-order valence-electron chi connectivity index (χ0n) is 10.7. The molecule has 1 aromatic rings. The van der Waals surface area contributed by atoms with E-state index < -0.39 is 0 Å². The van der Waals surface area contributed by atoms with Crippen molar-refractivity contribution in [3.05, 3.63) is 29.6 Å².